The van der Waals surface area contributed by atoms with Gasteiger partial charge in [0.2, 0.25) is 0 Å². The molecule has 18 heavy (non-hydrogen) atoms. The lowest BCUT2D eigenvalue weighted by Gasteiger charge is -2.21. The molecule has 0 saturated carbocycles. The van der Waals surface area contributed by atoms with Crippen LogP contribution in [0.3, 0.4) is 0 Å². The summed E-state index contributed by atoms with van der Waals surface area (Å²) in [5, 5.41) is 3.31. The van der Waals surface area contributed by atoms with E-state index in [0.29, 0.717) is 13.2 Å². The third-order valence-corrected chi connectivity index (χ3v) is 2.35. The van der Waals surface area contributed by atoms with Crippen molar-refractivity contribution in [3.8, 4) is 5.75 Å². The Morgan fingerprint density at radius 1 is 1.28 bits per heavy atom. The molecule has 1 N–H and O–H groups in total. The number of ether oxygens (including phenoxy) is 2. The largest absolute Gasteiger partial charge is 0.464 e. The smallest absolute Gasteiger partial charge is 0.189 e. The van der Waals surface area contributed by atoms with Gasteiger partial charge >= 0.3 is 0 Å². The second-order valence-corrected chi connectivity index (χ2v) is 5.09. The first-order chi connectivity index (χ1) is 8.44. The van der Waals surface area contributed by atoms with Gasteiger partial charge in [-0.05, 0) is 33.8 Å². The number of benzene rings is 1. The first-order valence-corrected chi connectivity index (χ1v) is 6.17. The van der Waals surface area contributed by atoms with E-state index in [-0.39, 0.29) is 23.9 Å². The molecule has 0 saturated heterocycles. The Balaban J connectivity index is 2.73. The lowest BCUT2D eigenvalue weighted by atomic mass is 10.1. The number of hydrogen-bond acceptors (Lipinski definition) is 3. The summed E-state index contributed by atoms with van der Waals surface area (Å²) in [4.78, 5) is 0. The van der Waals surface area contributed by atoms with E-state index in [9.17, 15) is 4.39 Å². The summed E-state index contributed by atoms with van der Waals surface area (Å²) in [6.45, 7) is 9.23. The number of para-hydroxylation sites is 1. The average Bonchev–Trinajstić information content (AvgIpc) is 2.28. The monoisotopic (exact) mass is 255 g/mol. The number of rotatable bonds is 6. The van der Waals surface area contributed by atoms with Crippen LogP contribution in [0.2, 0.25) is 0 Å². The van der Waals surface area contributed by atoms with Gasteiger partial charge in [-0.25, -0.2) is 4.39 Å². The Morgan fingerprint density at radius 3 is 2.61 bits per heavy atom. The van der Waals surface area contributed by atoms with E-state index in [1.165, 1.54) is 6.07 Å². The minimum atomic E-state index is -0.358. The molecule has 0 radical (unpaired) electrons. The maximum Gasteiger partial charge on any atom is 0.189 e. The normalized spacial score (nSPS) is 11.6. The van der Waals surface area contributed by atoms with E-state index in [0.717, 1.165) is 5.56 Å². The van der Waals surface area contributed by atoms with Crippen molar-refractivity contribution in [1.82, 2.24) is 5.32 Å². The summed E-state index contributed by atoms with van der Waals surface area (Å²) in [5.41, 5.74) is 0.772. The van der Waals surface area contributed by atoms with Crippen LogP contribution in [0.1, 0.15) is 33.3 Å². The number of halogens is 1. The molecule has 102 valence electrons. The highest BCUT2D eigenvalue weighted by atomic mass is 19.1. The molecular weight excluding hydrogens is 233 g/mol. The van der Waals surface area contributed by atoms with E-state index in [2.05, 4.69) is 26.1 Å². The van der Waals surface area contributed by atoms with E-state index in [4.69, 9.17) is 9.47 Å². The highest BCUT2D eigenvalue weighted by molar-refractivity contribution is 5.34. The van der Waals surface area contributed by atoms with Crippen LogP contribution in [0.4, 0.5) is 4.39 Å². The van der Waals surface area contributed by atoms with Gasteiger partial charge in [0.15, 0.2) is 18.4 Å². The van der Waals surface area contributed by atoms with Gasteiger partial charge in [0.25, 0.3) is 0 Å². The zero-order valence-electron chi connectivity index (χ0n) is 11.5. The minimum Gasteiger partial charge on any atom is -0.464 e. The predicted molar refractivity (Wildman–Crippen MR) is 70.1 cm³/mol. The maximum absolute atomic E-state index is 13.7. The third kappa shape index (κ3) is 5.02. The third-order valence-electron chi connectivity index (χ3n) is 2.35. The molecule has 0 atom stereocenters. The van der Waals surface area contributed by atoms with Crippen LogP contribution in [0, 0.1) is 5.82 Å². The molecule has 4 heteroatoms. The molecule has 0 aliphatic carbocycles. The predicted octanol–water partition coefficient (Wildman–Crippen LogP) is 3.09. The lowest BCUT2D eigenvalue weighted by Crippen LogP contribution is -2.35. The Hall–Kier alpha value is -1.13. The summed E-state index contributed by atoms with van der Waals surface area (Å²) < 4.78 is 24.1. The lowest BCUT2D eigenvalue weighted by molar-refractivity contribution is 0.0194. The van der Waals surface area contributed by atoms with Crippen LogP contribution in [0.25, 0.3) is 0 Å². The van der Waals surface area contributed by atoms with Crippen LogP contribution in [-0.2, 0) is 11.3 Å². The van der Waals surface area contributed by atoms with Crippen LogP contribution >= 0.6 is 0 Å². The van der Waals surface area contributed by atoms with Gasteiger partial charge in [-0.1, -0.05) is 12.1 Å². The summed E-state index contributed by atoms with van der Waals surface area (Å²) in [6.07, 6.45) is 0. The van der Waals surface area contributed by atoms with Gasteiger partial charge in [-0.2, -0.15) is 0 Å². The van der Waals surface area contributed by atoms with Gasteiger partial charge in [0.05, 0.1) is 0 Å². The van der Waals surface area contributed by atoms with Crippen LogP contribution in [0.5, 0.6) is 5.75 Å². The molecule has 0 aliphatic rings. The summed E-state index contributed by atoms with van der Waals surface area (Å²) in [7, 11) is 0. The van der Waals surface area contributed by atoms with Crippen LogP contribution < -0.4 is 10.1 Å². The molecule has 1 aromatic rings. The van der Waals surface area contributed by atoms with Crippen molar-refractivity contribution in [2.45, 2.75) is 39.8 Å². The van der Waals surface area contributed by atoms with Crippen molar-refractivity contribution >= 4 is 0 Å². The average molecular weight is 255 g/mol. The first-order valence-electron chi connectivity index (χ1n) is 6.17. The fourth-order valence-electron chi connectivity index (χ4n) is 1.40. The van der Waals surface area contributed by atoms with Gasteiger partial charge in [0.1, 0.15) is 0 Å². The van der Waals surface area contributed by atoms with Crippen molar-refractivity contribution in [2.75, 3.05) is 13.4 Å². The van der Waals surface area contributed by atoms with Gasteiger partial charge in [-0.15, -0.1) is 0 Å². The maximum atomic E-state index is 13.7. The van der Waals surface area contributed by atoms with Crippen molar-refractivity contribution in [3.63, 3.8) is 0 Å². The topological polar surface area (TPSA) is 30.5 Å². The molecule has 0 heterocycles. The molecule has 0 bridgehead atoms. The van der Waals surface area contributed by atoms with Gasteiger partial charge in [0, 0.05) is 24.3 Å². The van der Waals surface area contributed by atoms with Gasteiger partial charge in [-0.3, -0.25) is 0 Å². The van der Waals surface area contributed by atoms with E-state index in [1.54, 1.807) is 6.07 Å². The van der Waals surface area contributed by atoms with Crippen molar-refractivity contribution in [2.24, 2.45) is 0 Å². The molecule has 0 unspecified atom stereocenters. The molecular formula is C14H22FNO2. The zero-order chi connectivity index (χ0) is 13.6. The minimum absolute atomic E-state index is 0.0243. The quantitative estimate of drug-likeness (QED) is 0.626. The SMILES string of the molecule is CCOCOc1c(F)cccc1CNC(C)(C)C. The van der Waals surface area contributed by atoms with E-state index >= 15 is 0 Å². The second kappa shape index (κ2) is 6.71. The second-order valence-electron chi connectivity index (χ2n) is 5.09. The van der Waals surface area contributed by atoms with Gasteiger partial charge < -0.3 is 14.8 Å². The molecule has 0 amide bonds. The van der Waals surface area contributed by atoms with Crippen LogP contribution in [0.15, 0.2) is 18.2 Å². The Kier molecular flexibility index (Phi) is 5.56. The summed E-state index contributed by atoms with van der Waals surface area (Å²) >= 11 is 0. The molecule has 1 rings (SSSR count). The van der Waals surface area contributed by atoms with Crippen LogP contribution in [-0.4, -0.2) is 18.9 Å². The molecule has 1 aromatic carbocycles. The molecule has 0 fully saturated rings. The van der Waals surface area contributed by atoms with E-state index < -0.39 is 0 Å². The van der Waals surface area contributed by atoms with Crippen molar-refractivity contribution in [1.29, 1.82) is 0 Å². The highest BCUT2D eigenvalue weighted by Crippen LogP contribution is 2.23. The molecule has 0 aliphatic heterocycles. The zero-order valence-corrected chi connectivity index (χ0v) is 11.5. The van der Waals surface area contributed by atoms with Crippen molar-refractivity contribution < 1.29 is 13.9 Å². The molecule has 3 nitrogen and oxygen atoms in total. The summed E-state index contributed by atoms with van der Waals surface area (Å²) in [5.74, 6) is -0.0920. The fourth-order valence-corrected chi connectivity index (χ4v) is 1.40. The standard InChI is InChI=1S/C14H22FNO2/c1-5-17-10-18-13-11(7-6-8-12(13)15)9-16-14(2,3)4/h6-8,16H,5,9-10H2,1-4H3. The Morgan fingerprint density at radius 2 is 2.00 bits per heavy atom. The number of hydrogen-bond donors (Lipinski definition) is 1. The van der Waals surface area contributed by atoms with Crippen molar-refractivity contribution in [3.05, 3.63) is 29.6 Å². The Bertz CT molecular complexity index is 375. The molecule has 0 aromatic heterocycles. The first kappa shape index (κ1) is 14.9. The molecule has 0 spiro atoms. The summed E-state index contributed by atoms with van der Waals surface area (Å²) in [6, 6.07) is 4.92. The number of nitrogens with one attached hydrogen (secondary N) is 1. The fraction of sp³-hybridized carbons (Fsp3) is 0.571. The highest BCUT2D eigenvalue weighted by Gasteiger charge is 2.13. The Labute approximate surface area is 108 Å². The van der Waals surface area contributed by atoms with E-state index in [1.807, 2.05) is 13.0 Å².